The fraction of sp³-hybridized carbons (Fsp3) is 0.536. The zero-order valence-corrected chi connectivity index (χ0v) is 23.4. The Balaban J connectivity index is 0.000000236. The summed E-state index contributed by atoms with van der Waals surface area (Å²) in [6.07, 6.45) is 0.678. The number of rotatable bonds is 10. The third kappa shape index (κ3) is 7.04. The molecule has 2 N–H and O–H groups in total. The Labute approximate surface area is 245 Å². The predicted molar refractivity (Wildman–Crippen MR) is 138 cm³/mol. The molecule has 4 fully saturated rings. The number of hydrogen-bond acceptors (Lipinski definition) is 13. The SMILES string of the molecule is C=C(C)C(=O)OCC(=O)OC1CCC2CC1(C(=O)O)OC2=O.C=CC(=O)OCC(=O)OC1CCC2CC1(C(=O)O)OC2=C. The molecule has 2 saturated heterocycles. The summed E-state index contributed by atoms with van der Waals surface area (Å²) >= 11 is 0. The van der Waals surface area contributed by atoms with Crippen LogP contribution in [0.2, 0.25) is 0 Å². The summed E-state index contributed by atoms with van der Waals surface area (Å²) in [6, 6.07) is 0. The van der Waals surface area contributed by atoms with E-state index in [1.165, 1.54) is 6.92 Å². The van der Waals surface area contributed by atoms with E-state index < -0.39 is 84.3 Å². The standard InChI is InChI=1S/C14H16O8.C14H16O7/c1-7(2)11(16)20-6-10(15)21-9-4-3-8-5-14(9,13(18)19)22-12(8)17;1-3-11(15)19-7-12(16)20-10-5-4-9-6-14(10,13(17)18)21-8(9)2/h8-9H,1,3-6H2,2H3,(H,18,19);3,9-10H,1-2,4-7H2,(H,17,18). The van der Waals surface area contributed by atoms with Gasteiger partial charge in [0.15, 0.2) is 25.4 Å². The first-order valence-electron chi connectivity index (χ1n) is 13.2. The van der Waals surface area contributed by atoms with Crippen molar-refractivity contribution in [3.8, 4) is 0 Å². The van der Waals surface area contributed by atoms with Crippen molar-refractivity contribution in [1.29, 1.82) is 0 Å². The fourth-order valence-corrected chi connectivity index (χ4v) is 5.31. The lowest BCUT2D eigenvalue weighted by Gasteiger charge is -2.34. The Hall–Kier alpha value is -4.69. The highest BCUT2D eigenvalue weighted by Gasteiger charge is 2.62. The van der Waals surface area contributed by atoms with Crippen LogP contribution < -0.4 is 0 Å². The first-order valence-corrected chi connectivity index (χ1v) is 13.2. The average Bonchev–Trinajstić information content (AvgIpc) is 3.40. The molecule has 15 heteroatoms. The van der Waals surface area contributed by atoms with E-state index in [1.54, 1.807) is 0 Å². The maximum Gasteiger partial charge on any atom is 0.352 e. The van der Waals surface area contributed by atoms with Crippen LogP contribution in [0.25, 0.3) is 0 Å². The van der Waals surface area contributed by atoms with Gasteiger partial charge in [-0.2, -0.15) is 0 Å². The largest absolute Gasteiger partial charge is 0.478 e. The summed E-state index contributed by atoms with van der Waals surface area (Å²) in [5.41, 5.74) is -3.30. The number of allylic oxidation sites excluding steroid dienone is 1. The van der Waals surface area contributed by atoms with Gasteiger partial charge in [-0.1, -0.05) is 19.7 Å². The lowest BCUT2D eigenvalue weighted by Crippen LogP contribution is -2.53. The van der Waals surface area contributed by atoms with Crippen molar-refractivity contribution in [1.82, 2.24) is 0 Å². The van der Waals surface area contributed by atoms with E-state index in [9.17, 15) is 43.8 Å². The van der Waals surface area contributed by atoms with E-state index in [4.69, 9.17) is 18.9 Å². The van der Waals surface area contributed by atoms with Crippen LogP contribution in [0, 0.1) is 11.8 Å². The van der Waals surface area contributed by atoms with Crippen molar-refractivity contribution in [2.45, 2.75) is 68.9 Å². The van der Waals surface area contributed by atoms with Gasteiger partial charge in [-0.05, 0) is 32.6 Å². The number of esters is 5. The van der Waals surface area contributed by atoms with Crippen molar-refractivity contribution in [3.05, 3.63) is 37.1 Å². The van der Waals surface area contributed by atoms with Gasteiger partial charge in [-0.3, -0.25) is 4.79 Å². The van der Waals surface area contributed by atoms with Gasteiger partial charge in [0.2, 0.25) is 11.2 Å². The van der Waals surface area contributed by atoms with Crippen molar-refractivity contribution in [2.75, 3.05) is 13.2 Å². The summed E-state index contributed by atoms with van der Waals surface area (Å²) in [5, 5.41) is 18.8. The zero-order chi connectivity index (χ0) is 32.1. The summed E-state index contributed by atoms with van der Waals surface area (Å²) in [4.78, 5) is 80.0. The second-order valence-corrected chi connectivity index (χ2v) is 10.5. The number of ether oxygens (including phenoxy) is 6. The van der Waals surface area contributed by atoms with E-state index in [0.29, 0.717) is 25.0 Å². The highest BCUT2D eigenvalue weighted by Crippen LogP contribution is 2.48. The van der Waals surface area contributed by atoms with Crippen LogP contribution in [-0.2, 0) is 62.0 Å². The van der Waals surface area contributed by atoms with Gasteiger partial charge in [0.1, 0.15) is 0 Å². The molecule has 0 aromatic carbocycles. The monoisotopic (exact) mass is 608 g/mol. The molecule has 6 atom stereocenters. The third-order valence-corrected chi connectivity index (χ3v) is 7.52. The number of aliphatic carboxylic acids is 2. The number of hydrogen-bond donors (Lipinski definition) is 2. The maximum atomic E-state index is 11.7. The molecule has 43 heavy (non-hydrogen) atoms. The summed E-state index contributed by atoms with van der Waals surface area (Å²) < 4.78 is 29.7. The lowest BCUT2D eigenvalue weighted by molar-refractivity contribution is -0.193. The van der Waals surface area contributed by atoms with Crippen LogP contribution in [0.4, 0.5) is 0 Å². The minimum absolute atomic E-state index is 0.0231. The Bertz CT molecular complexity index is 1250. The molecule has 234 valence electrons. The second kappa shape index (κ2) is 13.1. The topological polar surface area (TPSA) is 215 Å². The quantitative estimate of drug-likeness (QED) is 0.201. The Morgan fingerprint density at radius 1 is 0.860 bits per heavy atom. The van der Waals surface area contributed by atoms with Crippen molar-refractivity contribution >= 4 is 41.8 Å². The van der Waals surface area contributed by atoms with Crippen LogP contribution in [0.5, 0.6) is 0 Å². The van der Waals surface area contributed by atoms with Gasteiger partial charge < -0.3 is 38.6 Å². The van der Waals surface area contributed by atoms with Crippen molar-refractivity contribution in [3.63, 3.8) is 0 Å². The summed E-state index contributed by atoms with van der Waals surface area (Å²) in [7, 11) is 0. The number of carbonyl (C=O) groups excluding carboxylic acids is 5. The van der Waals surface area contributed by atoms with Gasteiger partial charge in [-0.15, -0.1) is 0 Å². The molecule has 0 aromatic heterocycles. The lowest BCUT2D eigenvalue weighted by atomic mass is 9.78. The van der Waals surface area contributed by atoms with Gasteiger partial charge in [0, 0.05) is 30.4 Å². The predicted octanol–water partition coefficient (Wildman–Crippen LogP) is 0.993. The molecule has 0 amide bonds. The zero-order valence-electron chi connectivity index (χ0n) is 23.4. The van der Waals surface area contributed by atoms with Crippen molar-refractivity contribution in [2.24, 2.45) is 11.8 Å². The fourth-order valence-electron chi connectivity index (χ4n) is 5.31. The first kappa shape index (κ1) is 32.8. The highest BCUT2D eigenvalue weighted by molar-refractivity contribution is 5.90. The molecule has 4 rings (SSSR count). The van der Waals surface area contributed by atoms with E-state index in [0.717, 1.165) is 6.08 Å². The molecule has 2 aliphatic heterocycles. The molecular weight excluding hydrogens is 576 g/mol. The molecule has 4 bridgehead atoms. The van der Waals surface area contributed by atoms with Gasteiger partial charge in [0.25, 0.3) is 0 Å². The molecule has 2 heterocycles. The normalized spacial score (nSPS) is 29.8. The Morgan fingerprint density at radius 3 is 1.86 bits per heavy atom. The molecule has 0 radical (unpaired) electrons. The highest BCUT2D eigenvalue weighted by atomic mass is 16.6. The number of carbonyl (C=O) groups is 7. The average molecular weight is 609 g/mol. The number of fused-ring (bicyclic) bond motifs is 4. The van der Waals surface area contributed by atoms with E-state index in [1.807, 2.05) is 0 Å². The minimum atomic E-state index is -1.84. The molecule has 2 aliphatic carbocycles. The summed E-state index contributed by atoms with van der Waals surface area (Å²) in [6.45, 7) is 10.4. The Kier molecular flexibility index (Phi) is 9.99. The first-order chi connectivity index (χ1) is 20.1. The molecular formula is C28H32O15. The summed E-state index contributed by atoms with van der Waals surface area (Å²) in [5.74, 6) is -6.45. The third-order valence-electron chi connectivity index (χ3n) is 7.52. The van der Waals surface area contributed by atoms with Gasteiger partial charge in [-0.25, -0.2) is 28.8 Å². The van der Waals surface area contributed by atoms with Gasteiger partial charge in [0.05, 0.1) is 11.7 Å². The number of carboxylic acids is 2. The molecule has 6 unspecified atom stereocenters. The van der Waals surface area contributed by atoms with E-state index in [2.05, 4.69) is 29.2 Å². The van der Waals surface area contributed by atoms with Crippen LogP contribution in [-0.4, -0.2) is 88.6 Å². The minimum Gasteiger partial charge on any atom is -0.478 e. The molecule has 0 aromatic rings. The molecule has 0 spiro atoms. The van der Waals surface area contributed by atoms with Crippen LogP contribution in [0.1, 0.15) is 45.4 Å². The number of carboxylic acid groups (broad SMARTS) is 2. The van der Waals surface area contributed by atoms with E-state index in [-0.39, 0.29) is 30.8 Å². The molecule has 15 nitrogen and oxygen atoms in total. The molecule has 2 saturated carbocycles. The molecule has 4 aliphatic rings. The maximum absolute atomic E-state index is 11.7. The van der Waals surface area contributed by atoms with Crippen LogP contribution in [0.15, 0.2) is 37.1 Å². The van der Waals surface area contributed by atoms with Gasteiger partial charge >= 0.3 is 41.8 Å². The van der Waals surface area contributed by atoms with Crippen LogP contribution >= 0.6 is 0 Å². The van der Waals surface area contributed by atoms with E-state index >= 15 is 0 Å². The second-order valence-electron chi connectivity index (χ2n) is 10.5. The van der Waals surface area contributed by atoms with Crippen molar-refractivity contribution < 1.29 is 72.2 Å². The van der Waals surface area contributed by atoms with Crippen LogP contribution in [0.3, 0.4) is 0 Å². The smallest absolute Gasteiger partial charge is 0.352 e. The Morgan fingerprint density at radius 2 is 1.35 bits per heavy atom.